The van der Waals surface area contributed by atoms with Crippen LogP contribution in [-0.4, -0.2) is 57.0 Å². The normalized spacial score (nSPS) is 13.0. The summed E-state index contributed by atoms with van der Waals surface area (Å²) in [5, 5.41) is 6.66. The highest BCUT2D eigenvalue weighted by molar-refractivity contribution is 7.88. The molecule has 0 aromatic heterocycles. The summed E-state index contributed by atoms with van der Waals surface area (Å²) >= 11 is 0. The molecular weight excluding hydrogens is 398 g/mol. The fraction of sp³-hybridized carbons (Fsp3) is 0.682. The average molecular weight is 440 g/mol. The van der Waals surface area contributed by atoms with Crippen molar-refractivity contribution in [2.45, 2.75) is 78.9 Å². The fourth-order valence-corrected chi connectivity index (χ4v) is 4.87. The molecule has 0 aliphatic rings. The van der Waals surface area contributed by atoms with Crippen LogP contribution >= 0.6 is 0 Å². The predicted molar refractivity (Wildman–Crippen MR) is 127 cm³/mol. The maximum Gasteiger partial charge on any atom is 0.216 e. The second-order valence-electron chi connectivity index (χ2n) is 8.35. The molecule has 0 heterocycles. The molecule has 1 aromatic rings. The van der Waals surface area contributed by atoms with E-state index >= 15 is 0 Å². The highest BCUT2D eigenvalue weighted by Crippen LogP contribution is 2.13. The van der Waals surface area contributed by atoms with Gasteiger partial charge in [-0.05, 0) is 59.6 Å². The summed E-state index contributed by atoms with van der Waals surface area (Å²) in [6.45, 7) is 17.4. The first-order chi connectivity index (χ1) is 14.1. The molecule has 7 nitrogen and oxygen atoms in total. The van der Waals surface area contributed by atoms with E-state index in [1.807, 2.05) is 45.0 Å². The highest BCUT2D eigenvalue weighted by Gasteiger charge is 2.15. The molecule has 30 heavy (non-hydrogen) atoms. The Morgan fingerprint density at radius 3 is 2.13 bits per heavy atom. The van der Waals surface area contributed by atoms with Crippen LogP contribution in [0.5, 0.6) is 0 Å². The third-order valence-corrected chi connectivity index (χ3v) is 6.14. The third kappa shape index (κ3) is 9.91. The van der Waals surface area contributed by atoms with Gasteiger partial charge < -0.3 is 10.6 Å². The minimum Gasteiger partial charge on any atom is -0.357 e. The van der Waals surface area contributed by atoms with Gasteiger partial charge in [-0.1, -0.05) is 24.3 Å². The van der Waals surface area contributed by atoms with Crippen LogP contribution in [0, 0.1) is 0 Å². The van der Waals surface area contributed by atoms with Crippen LogP contribution in [0.25, 0.3) is 0 Å². The number of sulfonamides is 1. The Balaban J connectivity index is 2.83. The van der Waals surface area contributed by atoms with E-state index in [9.17, 15) is 8.42 Å². The average Bonchev–Trinajstić information content (AvgIpc) is 2.62. The van der Waals surface area contributed by atoms with Crippen LogP contribution in [0.3, 0.4) is 0 Å². The largest absolute Gasteiger partial charge is 0.357 e. The van der Waals surface area contributed by atoms with Crippen LogP contribution < -0.4 is 15.4 Å². The molecule has 8 heteroatoms. The van der Waals surface area contributed by atoms with E-state index in [2.05, 4.69) is 52.9 Å². The van der Waals surface area contributed by atoms with Crippen molar-refractivity contribution in [3.05, 3.63) is 35.4 Å². The molecule has 1 rings (SSSR count). The standard InChI is InChI=1S/C22H41N5O2S/c1-8-23-22(24-13-14-27(18(4)5)19(6)7)25-15-20-11-9-10-12-21(20)16-30(28,29)26-17(2)3/h9-12,17-19,26H,8,13-16H2,1-7H3,(H2,23,24,25). The van der Waals surface area contributed by atoms with E-state index in [0.717, 1.165) is 36.7 Å². The van der Waals surface area contributed by atoms with Gasteiger partial charge in [-0.25, -0.2) is 18.1 Å². The van der Waals surface area contributed by atoms with Crippen molar-refractivity contribution in [2.24, 2.45) is 4.99 Å². The van der Waals surface area contributed by atoms with E-state index in [4.69, 9.17) is 0 Å². The molecule has 0 aliphatic heterocycles. The van der Waals surface area contributed by atoms with Gasteiger partial charge in [0, 0.05) is 37.8 Å². The summed E-state index contributed by atoms with van der Waals surface area (Å²) in [5.41, 5.74) is 1.69. The molecule has 0 saturated heterocycles. The number of rotatable bonds is 12. The maximum atomic E-state index is 12.3. The topological polar surface area (TPSA) is 85.8 Å². The highest BCUT2D eigenvalue weighted by atomic mass is 32.2. The van der Waals surface area contributed by atoms with Gasteiger partial charge in [-0.15, -0.1) is 0 Å². The summed E-state index contributed by atoms with van der Waals surface area (Å²) in [7, 11) is -3.38. The molecule has 0 saturated carbocycles. The zero-order valence-electron chi connectivity index (χ0n) is 19.7. The lowest BCUT2D eigenvalue weighted by Crippen LogP contribution is -2.45. The molecule has 0 atom stereocenters. The van der Waals surface area contributed by atoms with Crippen LogP contribution in [0.2, 0.25) is 0 Å². The zero-order chi connectivity index (χ0) is 22.7. The first kappa shape index (κ1) is 26.4. The first-order valence-corrected chi connectivity index (χ1v) is 12.6. The van der Waals surface area contributed by atoms with Gasteiger partial charge in [0.2, 0.25) is 10.0 Å². The summed E-state index contributed by atoms with van der Waals surface area (Å²) < 4.78 is 27.3. The van der Waals surface area contributed by atoms with Gasteiger partial charge in [0.15, 0.2) is 5.96 Å². The molecular formula is C22H41N5O2S. The molecule has 0 fully saturated rings. The Morgan fingerprint density at radius 1 is 1.00 bits per heavy atom. The number of nitrogens with zero attached hydrogens (tertiary/aromatic N) is 2. The number of guanidine groups is 1. The smallest absolute Gasteiger partial charge is 0.216 e. The molecule has 0 radical (unpaired) electrons. The lowest BCUT2D eigenvalue weighted by atomic mass is 10.1. The lowest BCUT2D eigenvalue weighted by molar-refractivity contribution is 0.178. The number of nitrogens with one attached hydrogen (secondary N) is 3. The minimum absolute atomic E-state index is 0.0431. The molecule has 3 N–H and O–H groups in total. The fourth-order valence-electron chi connectivity index (χ4n) is 3.38. The van der Waals surface area contributed by atoms with Crippen molar-refractivity contribution in [3.8, 4) is 0 Å². The molecule has 0 aliphatic carbocycles. The molecule has 0 unspecified atom stereocenters. The monoisotopic (exact) mass is 439 g/mol. The van der Waals surface area contributed by atoms with Crippen LogP contribution in [0.1, 0.15) is 59.6 Å². The number of aliphatic imine (C=N–C) groups is 1. The molecule has 1 aromatic carbocycles. The van der Waals surface area contributed by atoms with Gasteiger partial charge >= 0.3 is 0 Å². The summed E-state index contributed by atoms with van der Waals surface area (Å²) in [4.78, 5) is 7.11. The molecule has 0 spiro atoms. The number of hydrogen-bond donors (Lipinski definition) is 3. The molecule has 0 amide bonds. The second kappa shape index (κ2) is 12.9. The van der Waals surface area contributed by atoms with Gasteiger partial charge in [0.25, 0.3) is 0 Å². The van der Waals surface area contributed by atoms with Crippen LogP contribution in [-0.2, 0) is 22.3 Å². The van der Waals surface area contributed by atoms with Crippen molar-refractivity contribution in [1.82, 2.24) is 20.3 Å². The van der Waals surface area contributed by atoms with E-state index in [-0.39, 0.29) is 11.8 Å². The Morgan fingerprint density at radius 2 is 1.60 bits per heavy atom. The Hall–Kier alpha value is -1.64. The number of hydrogen-bond acceptors (Lipinski definition) is 4. The van der Waals surface area contributed by atoms with Crippen LogP contribution in [0.15, 0.2) is 29.3 Å². The molecule has 172 valence electrons. The first-order valence-electron chi connectivity index (χ1n) is 10.9. The minimum atomic E-state index is -3.38. The van der Waals surface area contributed by atoms with Gasteiger partial charge in [0.1, 0.15) is 0 Å². The number of benzene rings is 1. The van der Waals surface area contributed by atoms with Crippen molar-refractivity contribution < 1.29 is 8.42 Å². The Kier molecular flexibility index (Phi) is 11.4. The third-order valence-electron chi connectivity index (χ3n) is 4.62. The summed E-state index contributed by atoms with van der Waals surface area (Å²) in [6, 6.07) is 8.42. The van der Waals surface area contributed by atoms with Crippen molar-refractivity contribution in [1.29, 1.82) is 0 Å². The Labute approximate surface area is 183 Å². The van der Waals surface area contributed by atoms with Gasteiger partial charge in [-0.2, -0.15) is 0 Å². The lowest BCUT2D eigenvalue weighted by Gasteiger charge is -2.30. The maximum absolute atomic E-state index is 12.3. The Bertz CT molecular complexity index is 753. The van der Waals surface area contributed by atoms with Crippen molar-refractivity contribution in [3.63, 3.8) is 0 Å². The zero-order valence-corrected chi connectivity index (χ0v) is 20.5. The van der Waals surface area contributed by atoms with E-state index < -0.39 is 10.0 Å². The van der Waals surface area contributed by atoms with Gasteiger partial charge in [0.05, 0.1) is 12.3 Å². The van der Waals surface area contributed by atoms with Gasteiger partial charge in [-0.3, -0.25) is 4.90 Å². The SMILES string of the molecule is CCNC(=NCc1ccccc1CS(=O)(=O)NC(C)C)NCCN(C(C)C)C(C)C. The summed E-state index contributed by atoms with van der Waals surface area (Å²) in [6.07, 6.45) is 0. The quantitative estimate of drug-likeness (QED) is 0.344. The summed E-state index contributed by atoms with van der Waals surface area (Å²) in [5.74, 6) is 0.696. The molecule has 0 bridgehead atoms. The van der Waals surface area contributed by atoms with Crippen LogP contribution in [0.4, 0.5) is 0 Å². The second-order valence-corrected chi connectivity index (χ2v) is 10.1. The van der Waals surface area contributed by atoms with Crippen molar-refractivity contribution >= 4 is 16.0 Å². The van der Waals surface area contributed by atoms with E-state index in [1.165, 1.54) is 0 Å². The van der Waals surface area contributed by atoms with E-state index in [0.29, 0.717) is 18.6 Å². The predicted octanol–water partition coefficient (Wildman–Crippen LogP) is 2.69. The van der Waals surface area contributed by atoms with Crippen molar-refractivity contribution in [2.75, 3.05) is 19.6 Å². The van der Waals surface area contributed by atoms with E-state index in [1.54, 1.807) is 0 Å².